The van der Waals surface area contributed by atoms with Gasteiger partial charge in [0.25, 0.3) is 0 Å². The maximum Gasteiger partial charge on any atom is 0.329 e. The Hall–Kier alpha value is -3.26. The topological polar surface area (TPSA) is 64.6 Å². The van der Waals surface area contributed by atoms with Gasteiger partial charge in [-0.15, -0.1) is 0 Å². The zero-order valence-electron chi connectivity index (χ0n) is 20.3. The maximum absolute atomic E-state index is 15.0. The summed E-state index contributed by atoms with van der Waals surface area (Å²) < 4.78 is 24.1. The SMILES string of the molecule is C=N/C(=C\C=C(/C)c1cc2c(cc1F)ncc1c2n(C(C)C)c(=O)n1C)OCCCN1CCC1. The van der Waals surface area contributed by atoms with Crippen molar-refractivity contribution in [3.05, 3.63) is 58.2 Å². The van der Waals surface area contributed by atoms with Crippen molar-refractivity contribution in [2.75, 3.05) is 26.2 Å². The molecule has 0 amide bonds. The predicted octanol–water partition coefficient (Wildman–Crippen LogP) is 4.67. The number of fused-ring (bicyclic) bond motifs is 3. The highest BCUT2D eigenvalue weighted by atomic mass is 19.1. The molecule has 2 aromatic heterocycles. The van der Waals surface area contributed by atoms with Crippen LogP contribution in [0.15, 0.2) is 46.2 Å². The molecular weight excluding hydrogens is 433 g/mol. The molecule has 1 fully saturated rings. The molecule has 0 bridgehead atoms. The second-order valence-electron chi connectivity index (χ2n) is 9.06. The van der Waals surface area contributed by atoms with E-state index in [4.69, 9.17) is 4.74 Å². The number of ether oxygens (including phenoxy) is 1. The van der Waals surface area contributed by atoms with E-state index >= 15 is 4.39 Å². The third-order valence-corrected chi connectivity index (χ3v) is 6.39. The number of aromatic nitrogens is 3. The minimum atomic E-state index is -0.376. The van der Waals surface area contributed by atoms with Crippen LogP contribution in [0.3, 0.4) is 0 Å². The Labute approximate surface area is 198 Å². The molecule has 0 unspecified atom stereocenters. The summed E-state index contributed by atoms with van der Waals surface area (Å²) in [7, 11) is 1.73. The van der Waals surface area contributed by atoms with Gasteiger partial charge in [-0.05, 0) is 65.1 Å². The van der Waals surface area contributed by atoms with E-state index in [9.17, 15) is 4.79 Å². The van der Waals surface area contributed by atoms with Crippen LogP contribution in [0.25, 0.3) is 27.5 Å². The third-order valence-electron chi connectivity index (χ3n) is 6.39. The summed E-state index contributed by atoms with van der Waals surface area (Å²) >= 11 is 0. The van der Waals surface area contributed by atoms with E-state index in [2.05, 4.69) is 21.6 Å². The Morgan fingerprint density at radius 1 is 1.32 bits per heavy atom. The van der Waals surface area contributed by atoms with Gasteiger partial charge in [-0.2, -0.15) is 0 Å². The number of halogens is 1. The van der Waals surface area contributed by atoms with Gasteiger partial charge in [-0.25, -0.2) is 14.2 Å². The van der Waals surface area contributed by atoms with Crippen LogP contribution in [-0.4, -0.2) is 52.0 Å². The van der Waals surface area contributed by atoms with Crippen molar-refractivity contribution in [2.24, 2.45) is 12.0 Å². The van der Waals surface area contributed by atoms with Gasteiger partial charge in [-0.1, -0.05) is 6.08 Å². The van der Waals surface area contributed by atoms with Gasteiger partial charge in [-0.3, -0.25) is 14.1 Å². The molecule has 3 aromatic rings. The second kappa shape index (κ2) is 9.93. The number of pyridine rings is 1. The Morgan fingerprint density at radius 2 is 2.09 bits per heavy atom. The Morgan fingerprint density at radius 3 is 2.74 bits per heavy atom. The molecule has 3 heterocycles. The van der Waals surface area contributed by atoms with Crippen molar-refractivity contribution >= 4 is 34.2 Å². The van der Waals surface area contributed by atoms with E-state index < -0.39 is 0 Å². The van der Waals surface area contributed by atoms with Gasteiger partial charge >= 0.3 is 5.69 Å². The monoisotopic (exact) mass is 465 g/mol. The summed E-state index contributed by atoms with van der Waals surface area (Å²) in [5.41, 5.74) is 3.01. The second-order valence-corrected chi connectivity index (χ2v) is 9.06. The standard InChI is InChI=1S/C26H32FN5O2/c1-17(2)32-25-20-14-19(21(27)15-22(20)29-16-23(25)30(5)26(32)33)18(3)8-9-24(28-4)34-13-7-12-31-10-6-11-31/h8-9,14-17H,4,6-7,10-13H2,1-3,5H3/b18-8+,24-9+. The molecule has 0 N–H and O–H groups in total. The molecule has 0 radical (unpaired) electrons. The van der Waals surface area contributed by atoms with E-state index in [1.807, 2.05) is 20.8 Å². The number of imidazole rings is 1. The molecule has 0 aliphatic carbocycles. The first-order chi connectivity index (χ1) is 16.3. The van der Waals surface area contributed by atoms with Gasteiger partial charge in [0.15, 0.2) is 0 Å². The largest absolute Gasteiger partial charge is 0.478 e. The number of allylic oxidation sites excluding steroid dienone is 3. The number of hydrogen-bond donors (Lipinski definition) is 0. The number of aliphatic imine (C=N–C) groups is 1. The quantitative estimate of drug-likeness (QED) is 0.199. The van der Waals surface area contributed by atoms with Crippen LogP contribution in [0.4, 0.5) is 4.39 Å². The number of hydrogen-bond acceptors (Lipinski definition) is 5. The minimum absolute atomic E-state index is 0.0469. The van der Waals surface area contributed by atoms with Gasteiger partial charge in [0.2, 0.25) is 5.88 Å². The van der Waals surface area contributed by atoms with Crippen LogP contribution >= 0.6 is 0 Å². The first kappa shape index (κ1) is 23.9. The fourth-order valence-electron chi connectivity index (χ4n) is 4.33. The van der Waals surface area contributed by atoms with E-state index in [0.29, 0.717) is 29.1 Å². The van der Waals surface area contributed by atoms with E-state index in [0.717, 1.165) is 29.4 Å². The van der Waals surface area contributed by atoms with Crippen molar-refractivity contribution in [1.82, 2.24) is 19.0 Å². The Bertz CT molecular complexity index is 1340. The van der Waals surface area contributed by atoms with Crippen LogP contribution in [0.2, 0.25) is 0 Å². The molecule has 1 aromatic carbocycles. The summed E-state index contributed by atoms with van der Waals surface area (Å²) in [5.74, 6) is 0.0318. The summed E-state index contributed by atoms with van der Waals surface area (Å²) in [6, 6.07) is 3.15. The highest BCUT2D eigenvalue weighted by molar-refractivity contribution is 6.03. The van der Waals surface area contributed by atoms with E-state index in [1.165, 1.54) is 25.6 Å². The highest BCUT2D eigenvalue weighted by Crippen LogP contribution is 2.30. The normalized spacial score (nSPS) is 15.4. The van der Waals surface area contributed by atoms with Crippen LogP contribution in [0.5, 0.6) is 0 Å². The number of aryl methyl sites for hydroxylation is 1. The highest BCUT2D eigenvalue weighted by Gasteiger charge is 2.18. The van der Waals surface area contributed by atoms with Crippen molar-refractivity contribution in [1.29, 1.82) is 0 Å². The van der Waals surface area contributed by atoms with E-state index in [1.54, 1.807) is 40.6 Å². The summed E-state index contributed by atoms with van der Waals surface area (Å²) in [6.45, 7) is 13.2. The lowest BCUT2D eigenvalue weighted by Crippen LogP contribution is -2.38. The molecule has 1 aliphatic rings. The molecule has 8 heteroatoms. The van der Waals surface area contributed by atoms with Crippen LogP contribution in [-0.2, 0) is 11.8 Å². The van der Waals surface area contributed by atoms with Gasteiger partial charge in [0.05, 0.1) is 29.4 Å². The van der Waals surface area contributed by atoms with E-state index in [-0.39, 0.29) is 17.5 Å². The molecular formula is C26H32FN5O2. The zero-order chi connectivity index (χ0) is 24.4. The first-order valence-corrected chi connectivity index (χ1v) is 11.7. The van der Waals surface area contributed by atoms with Crippen LogP contribution in [0.1, 0.15) is 45.2 Å². The molecule has 1 aliphatic heterocycles. The average molecular weight is 466 g/mol. The first-order valence-electron chi connectivity index (χ1n) is 11.7. The van der Waals surface area contributed by atoms with Gasteiger partial charge in [0, 0.05) is 42.7 Å². The van der Waals surface area contributed by atoms with Crippen LogP contribution < -0.4 is 5.69 Å². The van der Waals surface area contributed by atoms with Crippen molar-refractivity contribution in [3.8, 4) is 0 Å². The van der Waals surface area contributed by atoms with Crippen LogP contribution in [0, 0.1) is 5.82 Å². The lowest BCUT2D eigenvalue weighted by atomic mass is 10.0. The predicted molar refractivity (Wildman–Crippen MR) is 136 cm³/mol. The molecule has 180 valence electrons. The number of nitrogens with zero attached hydrogens (tertiary/aromatic N) is 5. The van der Waals surface area contributed by atoms with Crippen molar-refractivity contribution in [2.45, 2.75) is 39.7 Å². The lowest BCUT2D eigenvalue weighted by molar-refractivity contribution is 0.145. The molecule has 0 spiro atoms. The maximum atomic E-state index is 15.0. The summed E-state index contributed by atoms with van der Waals surface area (Å²) in [6.07, 6.45) is 7.31. The number of rotatable bonds is 9. The Kier molecular flexibility index (Phi) is 6.97. The zero-order valence-corrected chi connectivity index (χ0v) is 20.3. The molecule has 7 nitrogen and oxygen atoms in total. The fraction of sp³-hybridized carbons (Fsp3) is 0.423. The third kappa shape index (κ3) is 4.55. The fourth-order valence-corrected chi connectivity index (χ4v) is 4.33. The average Bonchev–Trinajstić information content (AvgIpc) is 3.04. The Balaban J connectivity index is 1.66. The number of likely N-dealkylation sites (tertiary alicyclic amines) is 1. The van der Waals surface area contributed by atoms with Crippen molar-refractivity contribution < 1.29 is 9.13 Å². The van der Waals surface area contributed by atoms with Crippen molar-refractivity contribution in [3.63, 3.8) is 0 Å². The van der Waals surface area contributed by atoms with Gasteiger partial charge < -0.3 is 9.64 Å². The molecule has 34 heavy (non-hydrogen) atoms. The summed E-state index contributed by atoms with van der Waals surface area (Å²) in [4.78, 5) is 23.5. The lowest BCUT2D eigenvalue weighted by Gasteiger charge is -2.30. The molecule has 4 rings (SSSR count). The molecule has 0 atom stereocenters. The smallest absolute Gasteiger partial charge is 0.329 e. The molecule has 0 saturated carbocycles. The van der Waals surface area contributed by atoms with Gasteiger partial charge in [0.1, 0.15) is 5.82 Å². The summed E-state index contributed by atoms with van der Waals surface area (Å²) in [5, 5.41) is 0.737. The molecule has 1 saturated heterocycles. The number of benzene rings is 1. The minimum Gasteiger partial charge on any atom is -0.478 e.